The molecule has 0 saturated heterocycles. The summed E-state index contributed by atoms with van der Waals surface area (Å²) in [5.74, 6) is -1.29. The maximum Gasteiger partial charge on any atom is 0.241 e. The van der Waals surface area contributed by atoms with Gasteiger partial charge in [0.15, 0.2) is 0 Å². The highest BCUT2D eigenvalue weighted by molar-refractivity contribution is 5.96. The number of benzene rings is 1. The fourth-order valence-electron chi connectivity index (χ4n) is 1.57. The van der Waals surface area contributed by atoms with E-state index < -0.39 is 17.8 Å². The number of hydrogen-bond acceptors (Lipinski definition) is 3. The number of amides is 2. The Balaban J connectivity index is 2.82. The summed E-state index contributed by atoms with van der Waals surface area (Å²) in [6.45, 7) is 3.25. The Kier molecular flexibility index (Phi) is 5.44. The second-order valence-corrected chi connectivity index (χ2v) is 4.26. The maximum absolute atomic E-state index is 13.5. The summed E-state index contributed by atoms with van der Waals surface area (Å²) in [6, 6.07) is 3.27. The van der Waals surface area contributed by atoms with Crippen molar-refractivity contribution in [3.8, 4) is 0 Å². The molecule has 0 aromatic heterocycles. The molecule has 0 aliphatic rings. The zero-order valence-corrected chi connectivity index (χ0v) is 11.0. The van der Waals surface area contributed by atoms with Gasteiger partial charge in [0, 0.05) is 12.6 Å². The molecule has 1 rings (SSSR count). The van der Waals surface area contributed by atoms with Gasteiger partial charge in [-0.2, -0.15) is 0 Å². The van der Waals surface area contributed by atoms with Gasteiger partial charge in [-0.15, -0.1) is 0 Å². The van der Waals surface area contributed by atoms with E-state index in [2.05, 4.69) is 10.6 Å². The quantitative estimate of drug-likeness (QED) is 0.761. The Bertz CT molecular complexity index is 477. The average Bonchev–Trinajstić information content (AvgIpc) is 2.33. The maximum atomic E-state index is 13.5. The summed E-state index contributed by atoms with van der Waals surface area (Å²) in [6.07, 6.45) is 1.29. The van der Waals surface area contributed by atoms with Gasteiger partial charge in [-0.25, -0.2) is 4.39 Å². The van der Waals surface area contributed by atoms with Gasteiger partial charge >= 0.3 is 0 Å². The molecular weight excluding hydrogens is 249 g/mol. The van der Waals surface area contributed by atoms with Crippen LogP contribution in [0.5, 0.6) is 0 Å². The average molecular weight is 267 g/mol. The molecule has 0 aliphatic carbocycles. The molecule has 1 aromatic rings. The standard InChI is InChI=1S/C13H18FN3O2/c1-3-4-11(15)13(19)17-12-7-9(16-8(2)18)5-6-10(12)14/h5-7,11H,3-4,15H2,1-2H3,(H,16,18)(H,17,19). The largest absolute Gasteiger partial charge is 0.326 e. The van der Waals surface area contributed by atoms with Crippen LogP contribution in [0.1, 0.15) is 26.7 Å². The van der Waals surface area contributed by atoms with E-state index >= 15 is 0 Å². The summed E-state index contributed by atoms with van der Waals surface area (Å²) in [7, 11) is 0. The minimum atomic E-state index is -0.672. The molecule has 0 aliphatic heterocycles. The number of anilines is 2. The van der Waals surface area contributed by atoms with Gasteiger partial charge in [-0.3, -0.25) is 9.59 Å². The molecule has 1 atom stereocenters. The molecule has 0 radical (unpaired) electrons. The molecule has 0 saturated carbocycles. The van der Waals surface area contributed by atoms with Crippen molar-refractivity contribution in [2.45, 2.75) is 32.7 Å². The van der Waals surface area contributed by atoms with Crippen molar-refractivity contribution in [3.63, 3.8) is 0 Å². The Morgan fingerprint density at radius 2 is 2.05 bits per heavy atom. The number of carbonyl (C=O) groups is 2. The smallest absolute Gasteiger partial charge is 0.241 e. The van der Waals surface area contributed by atoms with E-state index in [1.807, 2.05) is 6.92 Å². The molecule has 6 heteroatoms. The Morgan fingerprint density at radius 3 is 2.63 bits per heavy atom. The first-order valence-electron chi connectivity index (χ1n) is 6.07. The first-order chi connectivity index (χ1) is 8.93. The van der Waals surface area contributed by atoms with Crippen molar-refractivity contribution in [3.05, 3.63) is 24.0 Å². The van der Waals surface area contributed by atoms with E-state index in [1.54, 1.807) is 0 Å². The zero-order valence-electron chi connectivity index (χ0n) is 11.0. The van der Waals surface area contributed by atoms with Crippen molar-refractivity contribution in [2.75, 3.05) is 10.6 Å². The molecular formula is C13H18FN3O2. The van der Waals surface area contributed by atoms with Gasteiger partial charge < -0.3 is 16.4 Å². The predicted molar refractivity (Wildman–Crippen MR) is 72.2 cm³/mol. The van der Waals surface area contributed by atoms with E-state index in [-0.39, 0.29) is 11.6 Å². The number of nitrogens with two attached hydrogens (primary N) is 1. The summed E-state index contributed by atoms with van der Waals surface area (Å²) < 4.78 is 13.5. The first-order valence-corrected chi connectivity index (χ1v) is 6.07. The van der Waals surface area contributed by atoms with Crippen LogP contribution in [-0.4, -0.2) is 17.9 Å². The van der Waals surface area contributed by atoms with Crippen LogP contribution in [-0.2, 0) is 9.59 Å². The number of hydrogen-bond donors (Lipinski definition) is 3. The highest BCUT2D eigenvalue weighted by Crippen LogP contribution is 2.20. The van der Waals surface area contributed by atoms with Crippen molar-refractivity contribution in [1.82, 2.24) is 0 Å². The first kappa shape index (κ1) is 15.1. The van der Waals surface area contributed by atoms with Crippen LogP contribution in [0.2, 0.25) is 0 Å². The fourth-order valence-corrected chi connectivity index (χ4v) is 1.57. The summed E-state index contributed by atoms with van der Waals surface area (Å²) in [4.78, 5) is 22.6. The summed E-state index contributed by atoms with van der Waals surface area (Å²) in [5, 5.41) is 4.93. The van der Waals surface area contributed by atoms with Gasteiger partial charge in [0.25, 0.3) is 0 Å². The molecule has 1 aromatic carbocycles. The molecule has 5 nitrogen and oxygen atoms in total. The number of rotatable bonds is 5. The topological polar surface area (TPSA) is 84.2 Å². The third-order valence-electron chi connectivity index (χ3n) is 2.48. The van der Waals surface area contributed by atoms with Crippen LogP contribution in [0.15, 0.2) is 18.2 Å². The van der Waals surface area contributed by atoms with Crippen molar-refractivity contribution >= 4 is 23.2 Å². The van der Waals surface area contributed by atoms with Crippen LogP contribution in [0, 0.1) is 5.82 Å². The summed E-state index contributed by atoms with van der Waals surface area (Å²) in [5.41, 5.74) is 6.05. The van der Waals surface area contributed by atoms with Gasteiger partial charge in [0.1, 0.15) is 5.82 Å². The van der Waals surface area contributed by atoms with E-state index in [1.165, 1.54) is 25.1 Å². The van der Waals surface area contributed by atoms with Gasteiger partial charge in [-0.1, -0.05) is 13.3 Å². The lowest BCUT2D eigenvalue weighted by molar-refractivity contribution is -0.117. The van der Waals surface area contributed by atoms with E-state index in [0.717, 1.165) is 6.42 Å². The third-order valence-corrected chi connectivity index (χ3v) is 2.48. The van der Waals surface area contributed by atoms with E-state index in [9.17, 15) is 14.0 Å². The molecule has 19 heavy (non-hydrogen) atoms. The van der Waals surface area contributed by atoms with Crippen molar-refractivity contribution < 1.29 is 14.0 Å². The number of carbonyl (C=O) groups excluding carboxylic acids is 2. The Morgan fingerprint density at radius 1 is 1.37 bits per heavy atom. The highest BCUT2D eigenvalue weighted by atomic mass is 19.1. The molecule has 104 valence electrons. The second-order valence-electron chi connectivity index (χ2n) is 4.26. The van der Waals surface area contributed by atoms with Crippen LogP contribution < -0.4 is 16.4 Å². The SMILES string of the molecule is CCCC(N)C(=O)Nc1cc(NC(C)=O)ccc1F. The number of halogens is 1. The van der Waals surface area contributed by atoms with E-state index in [0.29, 0.717) is 12.1 Å². The van der Waals surface area contributed by atoms with Gasteiger partial charge in [0.05, 0.1) is 11.7 Å². The minimum Gasteiger partial charge on any atom is -0.326 e. The molecule has 0 spiro atoms. The van der Waals surface area contributed by atoms with Crippen LogP contribution in [0.4, 0.5) is 15.8 Å². The molecule has 0 heterocycles. The molecule has 0 fully saturated rings. The molecule has 4 N–H and O–H groups in total. The van der Waals surface area contributed by atoms with Gasteiger partial charge in [0.2, 0.25) is 11.8 Å². The van der Waals surface area contributed by atoms with Crippen molar-refractivity contribution in [2.24, 2.45) is 5.73 Å². The molecule has 0 bridgehead atoms. The molecule has 1 unspecified atom stereocenters. The van der Waals surface area contributed by atoms with Crippen LogP contribution >= 0.6 is 0 Å². The van der Waals surface area contributed by atoms with E-state index in [4.69, 9.17) is 5.73 Å². The molecule has 2 amide bonds. The lowest BCUT2D eigenvalue weighted by atomic mass is 10.1. The zero-order chi connectivity index (χ0) is 14.4. The monoisotopic (exact) mass is 267 g/mol. The minimum absolute atomic E-state index is 0.00260. The number of nitrogens with one attached hydrogen (secondary N) is 2. The Hall–Kier alpha value is -1.95. The van der Waals surface area contributed by atoms with Crippen molar-refractivity contribution in [1.29, 1.82) is 0 Å². The summed E-state index contributed by atoms with van der Waals surface area (Å²) >= 11 is 0. The van der Waals surface area contributed by atoms with Gasteiger partial charge in [-0.05, 0) is 24.6 Å². The Labute approximate surface area is 111 Å². The lowest BCUT2D eigenvalue weighted by Crippen LogP contribution is -2.35. The van der Waals surface area contributed by atoms with Crippen LogP contribution in [0.25, 0.3) is 0 Å². The fraction of sp³-hybridized carbons (Fsp3) is 0.385. The normalized spacial score (nSPS) is 11.8. The predicted octanol–water partition coefficient (Wildman–Crippen LogP) is 1.85. The second kappa shape index (κ2) is 6.84. The lowest BCUT2D eigenvalue weighted by Gasteiger charge is -2.13. The highest BCUT2D eigenvalue weighted by Gasteiger charge is 2.14. The third kappa shape index (κ3) is 4.67. The van der Waals surface area contributed by atoms with Crippen LogP contribution in [0.3, 0.4) is 0 Å².